The molecule has 0 atom stereocenters. The number of carbonyl (C=O) groups excluding carboxylic acids is 2. The SMILES string of the molecule is CCOc1ccc(NC(=O)CSc2ccc(NC(=O)c3ccc(C(=O)O)cc3C(=O)O)cc2)cc1. The summed E-state index contributed by atoms with van der Waals surface area (Å²) in [5, 5.41) is 23.8. The molecule has 3 aromatic carbocycles. The van der Waals surface area contributed by atoms with Gasteiger partial charge in [0.1, 0.15) is 5.75 Å². The molecular weight excluding hydrogens is 472 g/mol. The number of carbonyl (C=O) groups is 4. The Balaban J connectivity index is 1.56. The Bertz CT molecular complexity index is 1240. The molecule has 3 rings (SSSR count). The first-order chi connectivity index (χ1) is 16.8. The third-order valence-electron chi connectivity index (χ3n) is 4.67. The van der Waals surface area contributed by atoms with Gasteiger partial charge in [0, 0.05) is 16.3 Å². The van der Waals surface area contributed by atoms with Gasteiger partial charge in [0.2, 0.25) is 5.91 Å². The average molecular weight is 495 g/mol. The van der Waals surface area contributed by atoms with E-state index in [9.17, 15) is 24.3 Å². The molecule has 0 aliphatic carbocycles. The van der Waals surface area contributed by atoms with Gasteiger partial charge >= 0.3 is 11.9 Å². The maximum absolute atomic E-state index is 12.6. The molecule has 0 heterocycles. The fraction of sp³-hybridized carbons (Fsp3) is 0.120. The molecule has 0 aromatic heterocycles. The Hall–Kier alpha value is -4.31. The lowest BCUT2D eigenvalue weighted by Crippen LogP contribution is -2.17. The number of aromatic carboxylic acids is 2. The molecule has 4 N–H and O–H groups in total. The number of carboxylic acids is 2. The third kappa shape index (κ3) is 7.08. The zero-order valence-corrected chi connectivity index (χ0v) is 19.4. The van der Waals surface area contributed by atoms with Crippen molar-refractivity contribution in [3.8, 4) is 5.75 Å². The van der Waals surface area contributed by atoms with E-state index in [4.69, 9.17) is 9.84 Å². The van der Waals surface area contributed by atoms with Crippen LogP contribution in [0.3, 0.4) is 0 Å². The van der Waals surface area contributed by atoms with Crippen molar-refractivity contribution in [2.45, 2.75) is 11.8 Å². The zero-order valence-electron chi connectivity index (χ0n) is 18.6. The molecule has 0 spiro atoms. The summed E-state index contributed by atoms with van der Waals surface area (Å²) in [5.41, 5.74) is 0.276. The van der Waals surface area contributed by atoms with E-state index in [0.29, 0.717) is 18.0 Å². The van der Waals surface area contributed by atoms with E-state index >= 15 is 0 Å². The van der Waals surface area contributed by atoms with Crippen LogP contribution in [0.15, 0.2) is 71.6 Å². The first-order valence-corrected chi connectivity index (χ1v) is 11.4. The van der Waals surface area contributed by atoms with Crippen LogP contribution < -0.4 is 15.4 Å². The molecule has 0 aliphatic heterocycles. The molecule has 180 valence electrons. The van der Waals surface area contributed by atoms with Crippen LogP contribution in [0.1, 0.15) is 38.0 Å². The van der Waals surface area contributed by atoms with Crippen molar-refractivity contribution in [2.24, 2.45) is 0 Å². The standard InChI is InChI=1S/C25H22N2O7S/c1-2-34-18-8-4-16(5-9-18)26-22(28)14-35-19-10-6-17(7-11-19)27-23(29)20-12-3-15(24(30)31)13-21(20)25(32)33/h3-13H,2,14H2,1H3,(H,26,28)(H,27,29)(H,30,31)(H,32,33). The molecule has 10 heteroatoms. The molecule has 2 amide bonds. The van der Waals surface area contributed by atoms with Crippen LogP contribution in [0.4, 0.5) is 11.4 Å². The third-order valence-corrected chi connectivity index (χ3v) is 5.68. The van der Waals surface area contributed by atoms with Crippen LogP contribution in [0, 0.1) is 0 Å². The largest absolute Gasteiger partial charge is 0.494 e. The fourth-order valence-corrected chi connectivity index (χ4v) is 3.73. The number of thioether (sulfide) groups is 1. The molecule has 0 fully saturated rings. The normalized spacial score (nSPS) is 10.3. The first kappa shape index (κ1) is 25.3. The van der Waals surface area contributed by atoms with Crippen molar-refractivity contribution >= 4 is 46.9 Å². The van der Waals surface area contributed by atoms with Crippen LogP contribution in [-0.2, 0) is 4.79 Å². The second-order valence-corrected chi connectivity index (χ2v) is 8.19. The average Bonchev–Trinajstić information content (AvgIpc) is 2.84. The number of hydrogen-bond donors (Lipinski definition) is 4. The van der Waals surface area contributed by atoms with Gasteiger partial charge in [-0.3, -0.25) is 9.59 Å². The van der Waals surface area contributed by atoms with Crippen molar-refractivity contribution in [1.82, 2.24) is 0 Å². The molecular formula is C25H22N2O7S. The van der Waals surface area contributed by atoms with Crippen molar-refractivity contribution in [3.63, 3.8) is 0 Å². The molecule has 0 unspecified atom stereocenters. The van der Waals surface area contributed by atoms with Gasteiger partial charge in [-0.25, -0.2) is 9.59 Å². The summed E-state index contributed by atoms with van der Waals surface area (Å²) in [6, 6.07) is 17.0. The quantitative estimate of drug-likeness (QED) is 0.303. The van der Waals surface area contributed by atoms with Gasteiger partial charge in [-0.2, -0.15) is 0 Å². The van der Waals surface area contributed by atoms with Crippen LogP contribution >= 0.6 is 11.8 Å². The lowest BCUT2D eigenvalue weighted by atomic mass is 10.0. The van der Waals surface area contributed by atoms with E-state index in [-0.39, 0.29) is 22.8 Å². The van der Waals surface area contributed by atoms with E-state index in [1.165, 1.54) is 17.8 Å². The molecule has 0 saturated carbocycles. The van der Waals surface area contributed by atoms with Gasteiger partial charge in [-0.05, 0) is 73.7 Å². The molecule has 9 nitrogen and oxygen atoms in total. The Labute approximate surface area is 205 Å². The number of rotatable bonds is 10. The summed E-state index contributed by atoms with van der Waals surface area (Å²) >= 11 is 1.31. The first-order valence-electron chi connectivity index (χ1n) is 10.4. The number of ether oxygens (including phenoxy) is 1. The number of benzene rings is 3. The van der Waals surface area contributed by atoms with Gasteiger partial charge in [-0.15, -0.1) is 11.8 Å². The highest BCUT2D eigenvalue weighted by Crippen LogP contribution is 2.22. The lowest BCUT2D eigenvalue weighted by molar-refractivity contribution is -0.113. The topological polar surface area (TPSA) is 142 Å². The molecule has 0 aliphatic rings. The predicted molar refractivity (Wildman–Crippen MR) is 132 cm³/mol. The number of amides is 2. The summed E-state index contributed by atoms with van der Waals surface area (Å²) < 4.78 is 5.37. The van der Waals surface area contributed by atoms with E-state index in [1.54, 1.807) is 48.5 Å². The smallest absolute Gasteiger partial charge is 0.336 e. The number of nitrogens with one attached hydrogen (secondary N) is 2. The summed E-state index contributed by atoms with van der Waals surface area (Å²) in [7, 11) is 0. The predicted octanol–water partition coefficient (Wildman–Crippen LogP) is 4.46. The molecule has 0 radical (unpaired) electrons. The van der Waals surface area contributed by atoms with Crippen LogP contribution in [0.25, 0.3) is 0 Å². The second kappa shape index (κ2) is 11.7. The molecule has 35 heavy (non-hydrogen) atoms. The maximum Gasteiger partial charge on any atom is 0.336 e. The van der Waals surface area contributed by atoms with E-state index < -0.39 is 23.4 Å². The van der Waals surface area contributed by atoms with Crippen molar-refractivity contribution in [2.75, 3.05) is 23.0 Å². The summed E-state index contributed by atoms with van der Waals surface area (Å²) in [6.45, 7) is 2.46. The molecule has 0 saturated heterocycles. The summed E-state index contributed by atoms with van der Waals surface area (Å²) in [6.07, 6.45) is 0. The highest BCUT2D eigenvalue weighted by molar-refractivity contribution is 8.00. The zero-order chi connectivity index (χ0) is 25.4. The monoisotopic (exact) mass is 494 g/mol. The van der Waals surface area contributed by atoms with Gasteiger partial charge in [0.25, 0.3) is 5.91 Å². The highest BCUT2D eigenvalue weighted by Gasteiger charge is 2.19. The van der Waals surface area contributed by atoms with Crippen molar-refractivity contribution < 1.29 is 34.1 Å². The van der Waals surface area contributed by atoms with E-state index in [0.717, 1.165) is 22.8 Å². The minimum Gasteiger partial charge on any atom is -0.494 e. The Morgan fingerprint density at radius 3 is 2.03 bits per heavy atom. The Kier molecular flexibility index (Phi) is 8.47. The van der Waals surface area contributed by atoms with Crippen molar-refractivity contribution in [3.05, 3.63) is 83.4 Å². The van der Waals surface area contributed by atoms with E-state index in [2.05, 4.69) is 10.6 Å². The number of anilines is 2. The van der Waals surface area contributed by atoms with Gasteiger partial charge in [0.05, 0.1) is 29.1 Å². The minimum atomic E-state index is -1.41. The molecule has 0 bridgehead atoms. The van der Waals surface area contributed by atoms with Crippen LogP contribution in [0.2, 0.25) is 0 Å². The van der Waals surface area contributed by atoms with Crippen LogP contribution in [-0.4, -0.2) is 46.3 Å². The van der Waals surface area contributed by atoms with Gasteiger partial charge in [0.15, 0.2) is 0 Å². The second-order valence-electron chi connectivity index (χ2n) is 7.14. The Morgan fingerprint density at radius 2 is 1.43 bits per heavy atom. The summed E-state index contributed by atoms with van der Waals surface area (Å²) in [4.78, 5) is 48.1. The maximum atomic E-state index is 12.6. The van der Waals surface area contributed by atoms with Gasteiger partial charge in [-0.1, -0.05) is 0 Å². The fourth-order valence-electron chi connectivity index (χ4n) is 3.03. The number of carboxylic acid groups (broad SMARTS) is 2. The van der Waals surface area contributed by atoms with Crippen LogP contribution in [0.5, 0.6) is 5.75 Å². The van der Waals surface area contributed by atoms with Gasteiger partial charge < -0.3 is 25.6 Å². The van der Waals surface area contributed by atoms with E-state index in [1.807, 2.05) is 6.92 Å². The Morgan fingerprint density at radius 1 is 0.800 bits per heavy atom. The lowest BCUT2D eigenvalue weighted by Gasteiger charge is -2.10. The molecule has 3 aromatic rings. The number of hydrogen-bond acceptors (Lipinski definition) is 6. The summed E-state index contributed by atoms with van der Waals surface area (Å²) in [5.74, 6) is -2.66. The van der Waals surface area contributed by atoms with Crippen molar-refractivity contribution in [1.29, 1.82) is 0 Å². The highest BCUT2D eigenvalue weighted by atomic mass is 32.2. The minimum absolute atomic E-state index is 0.160.